The highest BCUT2D eigenvalue weighted by Crippen LogP contribution is 2.29. The van der Waals surface area contributed by atoms with Gasteiger partial charge in [-0.25, -0.2) is 0 Å². The average molecular weight is 275 g/mol. The molecule has 1 saturated carbocycles. The first-order chi connectivity index (χ1) is 9.61. The zero-order valence-electron chi connectivity index (χ0n) is 11.1. The summed E-state index contributed by atoms with van der Waals surface area (Å²) in [7, 11) is 0. The topological polar surface area (TPSA) is 99.2 Å². The third-order valence-corrected chi connectivity index (χ3v) is 3.64. The third-order valence-electron chi connectivity index (χ3n) is 3.64. The number of hydrogen-bond acceptors (Lipinski definition) is 5. The lowest BCUT2D eigenvalue weighted by Crippen LogP contribution is -2.32. The number of hydrogen-bond donors (Lipinski definition) is 2. The van der Waals surface area contributed by atoms with Gasteiger partial charge in [0.25, 0.3) is 5.69 Å². The van der Waals surface area contributed by atoms with Crippen LogP contribution in [-0.4, -0.2) is 22.2 Å². The summed E-state index contributed by atoms with van der Waals surface area (Å²) < 4.78 is 0. The molecule has 1 fully saturated rings. The number of rotatable bonds is 3. The van der Waals surface area contributed by atoms with Crippen molar-refractivity contribution in [3.63, 3.8) is 0 Å². The molecule has 0 aromatic heterocycles. The Bertz CT molecular complexity index is 539. The normalized spacial score (nSPS) is 22.6. The lowest BCUT2D eigenvalue weighted by Gasteiger charge is -2.22. The molecule has 6 heteroatoms. The molecule has 106 valence electrons. The van der Waals surface area contributed by atoms with E-state index in [1.807, 2.05) is 6.07 Å². The second kappa shape index (κ2) is 6.35. The van der Waals surface area contributed by atoms with Gasteiger partial charge in [-0.3, -0.25) is 10.1 Å². The van der Waals surface area contributed by atoms with Crippen molar-refractivity contribution in [2.45, 2.75) is 44.2 Å². The summed E-state index contributed by atoms with van der Waals surface area (Å²) >= 11 is 0. The number of aliphatic hydroxyl groups is 1. The van der Waals surface area contributed by atoms with Gasteiger partial charge in [0.15, 0.2) is 0 Å². The maximum Gasteiger partial charge on any atom is 0.292 e. The Morgan fingerprint density at radius 3 is 2.80 bits per heavy atom. The minimum atomic E-state index is -0.511. The first-order valence-electron chi connectivity index (χ1n) is 6.75. The molecule has 2 atom stereocenters. The van der Waals surface area contributed by atoms with Crippen LogP contribution in [0.15, 0.2) is 18.2 Å². The van der Waals surface area contributed by atoms with Crippen LogP contribution in [-0.2, 0) is 0 Å². The molecule has 0 amide bonds. The van der Waals surface area contributed by atoms with Gasteiger partial charge in [0.2, 0.25) is 0 Å². The van der Waals surface area contributed by atoms with E-state index >= 15 is 0 Å². The lowest BCUT2D eigenvalue weighted by molar-refractivity contribution is -0.384. The average Bonchev–Trinajstić information content (AvgIpc) is 2.64. The molecule has 0 aliphatic heterocycles. The van der Waals surface area contributed by atoms with E-state index in [2.05, 4.69) is 5.32 Å². The monoisotopic (exact) mass is 275 g/mol. The van der Waals surface area contributed by atoms with Gasteiger partial charge in [0.1, 0.15) is 5.69 Å². The van der Waals surface area contributed by atoms with Crippen molar-refractivity contribution in [1.29, 1.82) is 5.26 Å². The van der Waals surface area contributed by atoms with Crippen LogP contribution in [0.1, 0.15) is 37.7 Å². The Labute approximate surface area is 117 Å². The van der Waals surface area contributed by atoms with Gasteiger partial charge in [0, 0.05) is 6.07 Å². The van der Waals surface area contributed by atoms with Gasteiger partial charge in [-0.1, -0.05) is 19.3 Å². The van der Waals surface area contributed by atoms with Crippen molar-refractivity contribution in [1.82, 2.24) is 0 Å². The molecule has 1 aliphatic carbocycles. The number of nitrogens with zero attached hydrogens (tertiary/aromatic N) is 2. The molecular weight excluding hydrogens is 258 g/mol. The quantitative estimate of drug-likeness (QED) is 0.501. The molecule has 0 bridgehead atoms. The smallest absolute Gasteiger partial charge is 0.292 e. The SMILES string of the molecule is N#Cc1ccc([N+](=O)[O-])c(NC2CCCCCC2O)c1. The summed E-state index contributed by atoms with van der Waals surface area (Å²) in [6, 6.07) is 5.98. The fourth-order valence-electron chi connectivity index (χ4n) is 2.54. The molecule has 1 aliphatic rings. The molecule has 0 spiro atoms. The molecule has 6 nitrogen and oxygen atoms in total. The number of nitro groups is 1. The van der Waals surface area contributed by atoms with Crippen molar-refractivity contribution < 1.29 is 10.0 Å². The number of nitriles is 1. The van der Waals surface area contributed by atoms with Crippen LogP contribution in [0.3, 0.4) is 0 Å². The lowest BCUT2D eigenvalue weighted by atomic mass is 10.0. The molecule has 0 saturated heterocycles. The molecule has 0 heterocycles. The molecule has 2 rings (SSSR count). The molecule has 0 radical (unpaired) electrons. The molecule has 2 unspecified atom stereocenters. The van der Waals surface area contributed by atoms with Gasteiger partial charge in [0.05, 0.1) is 28.7 Å². The summed E-state index contributed by atoms with van der Waals surface area (Å²) in [4.78, 5) is 10.6. The second-order valence-electron chi connectivity index (χ2n) is 5.06. The molecular formula is C14H17N3O3. The van der Waals surface area contributed by atoms with Gasteiger partial charge in [-0.2, -0.15) is 5.26 Å². The fraction of sp³-hybridized carbons (Fsp3) is 0.500. The van der Waals surface area contributed by atoms with E-state index in [0.29, 0.717) is 17.7 Å². The van der Waals surface area contributed by atoms with E-state index in [4.69, 9.17) is 5.26 Å². The van der Waals surface area contributed by atoms with Crippen LogP contribution in [0.25, 0.3) is 0 Å². The van der Waals surface area contributed by atoms with Crippen molar-refractivity contribution in [3.05, 3.63) is 33.9 Å². The highest BCUT2D eigenvalue weighted by atomic mass is 16.6. The van der Waals surface area contributed by atoms with Crippen LogP contribution in [0, 0.1) is 21.4 Å². The standard InChI is InChI=1S/C14H17N3O3/c15-9-10-6-7-13(17(19)20)12(8-10)16-11-4-2-1-3-5-14(11)18/h6-8,11,14,16,18H,1-5H2. The zero-order valence-corrected chi connectivity index (χ0v) is 11.1. The van der Waals surface area contributed by atoms with Gasteiger partial charge < -0.3 is 10.4 Å². The van der Waals surface area contributed by atoms with Crippen molar-refractivity contribution in [2.75, 3.05) is 5.32 Å². The first kappa shape index (κ1) is 14.3. The van der Waals surface area contributed by atoms with E-state index in [0.717, 1.165) is 25.7 Å². The highest BCUT2D eigenvalue weighted by Gasteiger charge is 2.24. The summed E-state index contributed by atoms with van der Waals surface area (Å²) in [6.07, 6.45) is 3.98. The third kappa shape index (κ3) is 3.25. The van der Waals surface area contributed by atoms with Gasteiger partial charge in [-0.15, -0.1) is 0 Å². The maximum atomic E-state index is 11.0. The zero-order chi connectivity index (χ0) is 14.5. The van der Waals surface area contributed by atoms with Crippen LogP contribution in [0.4, 0.5) is 11.4 Å². The largest absolute Gasteiger partial charge is 0.391 e. The van der Waals surface area contributed by atoms with Crippen molar-refractivity contribution in [2.24, 2.45) is 0 Å². The molecule has 20 heavy (non-hydrogen) atoms. The predicted octanol–water partition coefficient (Wildman–Crippen LogP) is 2.57. The Morgan fingerprint density at radius 2 is 2.10 bits per heavy atom. The van der Waals surface area contributed by atoms with E-state index in [1.165, 1.54) is 18.2 Å². The summed E-state index contributed by atoms with van der Waals surface area (Å²) in [5, 5.41) is 33.1. The van der Waals surface area contributed by atoms with Gasteiger partial charge >= 0.3 is 0 Å². The van der Waals surface area contributed by atoms with Crippen molar-refractivity contribution >= 4 is 11.4 Å². The van der Waals surface area contributed by atoms with Crippen molar-refractivity contribution in [3.8, 4) is 6.07 Å². The molecule has 1 aromatic carbocycles. The van der Waals surface area contributed by atoms with Crippen LogP contribution >= 0.6 is 0 Å². The van der Waals surface area contributed by atoms with Gasteiger partial charge in [-0.05, 0) is 25.0 Å². The number of anilines is 1. The summed E-state index contributed by atoms with van der Waals surface area (Å²) in [6.45, 7) is 0. The number of aliphatic hydroxyl groups excluding tert-OH is 1. The molecule has 1 aromatic rings. The summed E-state index contributed by atoms with van der Waals surface area (Å²) in [5.74, 6) is 0. The highest BCUT2D eigenvalue weighted by molar-refractivity contribution is 5.64. The Kier molecular flexibility index (Phi) is 4.53. The van der Waals surface area contributed by atoms with E-state index in [1.54, 1.807) is 0 Å². The van der Waals surface area contributed by atoms with E-state index in [9.17, 15) is 15.2 Å². The molecule has 2 N–H and O–H groups in total. The minimum Gasteiger partial charge on any atom is -0.391 e. The predicted molar refractivity (Wildman–Crippen MR) is 74.3 cm³/mol. The first-order valence-corrected chi connectivity index (χ1v) is 6.75. The maximum absolute atomic E-state index is 11.0. The Morgan fingerprint density at radius 1 is 1.35 bits per heavy atom. The van der Waals surface area contributed by atoms with E-state index < -0.39 is 11.0 Å². The number of nitro benzene ring substituents is 1. The minimum absolute atomic E-state index is 0.0690. The number of benzene rings is 1. The van der Waals surface area contributed by atoms with E-state index in [-0.39, 0.29) is 11.7 Å². The number of nitrogens with one attached hydrogen (secondary N) is 1. The van der Waals surface area contributed by atoms with Crippen LogP contribution in [0.5, 0.6) is 0 Å². The summed E-state index contributed by atoms with van der Waals surface area (Å²) in [5.41, 5.74) is 0.599. The van der Waals surface area contributed by atoms with Crippen LogP contribution in [0.2, 0.25) is 0 Å². The Balaban J connectivity index is 2.26. The Hall–Kier alpha value is -2.13. The van der Waals surface area contributed by atoms with Crippen LogP contribution < -0.4 is 5.32 Å². The second-order valence-corrected chi connectivity index (χ2v) is 5.06. The fourth-order valence-corrected chi connectivity index (χ4v) is 2.54.